The van der Waals surface area contributed by atoms with Crippen molar-refractivity contribution in [3.63, 3.8) is 0 Å². The number of hydrogen-bond donors (Lipinski definition) is 1. The van der Waals surface area contributed by atoms with E-state index in [1.165, 1.54) is 17.3 Å². The van der Waals surface area contributed by atoms with E-state index < -0.39 is 0 Å². The Balaban J connectivity index is 1.63. The number of thioether (sulfide) groups is 1. The molecule has 1 fully saturated rings. The molecule has 2 heterocycles. The van der Waals surface area contributed by atoms with Gasteiger partial charge in [0.2, 0.25) is 5.91 Å². The first-order valence-electron chi connectivity index (χ1n) is 10.4. The van der Waals surface area contributed by atoms with Crippen LogP contribution in [0.25, 0.3) is 0 Å². The van der Waals surface area contributed by atoms with E-state index in [0.29, 0.717) is 30.5 Å². The molecular formula is C24H25N3O3S. The number of aryl methyl sites for hydroxylation is 1. The standard InChI is InChI=1S/C24H25N3O3S/c1-3-16-5-8-18(9-6-16)26-14-27-23(29)12-19(20(13-25)24(27)31-15-26)17-7-10-21(28)22(11-17)30-4-2/h5-11,19,28H,3-4,12,14-15H2,1-2H3/t19-/m1/s1. The Morgan fingerprint density at radius 1 is 1.23 bits per heavy atom. The van der Waals surface area contributed by atoms with Gasteiger partial charge >= 0.3 is 0 Å². The molecule has 0 aliphatic carbocycles. The molecule has 1 atom stereocenters. The second kappa shape index (κ2) is 8.94. The molecule has 0 spiro atoms. The summed E-state index contributed by atoms with van der Waals surface area (Å²) in [6.45, 7) is 4.83. The average molecular weight is 436 g/mol. The van der Waals surface area contributed by atoms with Crippen LogP contribution < -0.4 is 9.64 Å². The van der Waals surface area contributed by atoms with Crippen molar-refractivity contribution in [3.8, 4) is 17.6 Å². The zero-order valence-electron chi connectivity index (χ0n) is 17.7. The molecule has 0 bridgehead atoms. The Kier molecular flexibility index (Phi) is 6.10. The molecule has 1 saturated heterocycles. The first-order valence-corrected chi connectivity index (χ1v) is 11.4. The third kappa shape index (κ3) is 4.08. The number of hydrogen-bond acceptors (Lipinski definition) is 6. The third-order valence-electron chi connectivity index (χ3n) is 5.69. The summed E-state index contributed by atoms with van der Waals surface area (Å²) in [5.41, 5.74) is 3.74. The molecule has 4 rings (SSSR count). The van der Waals surface area contributed by atoms with Gasteiger partial charge in [-0.1, -0.05) is 36.9 Å². The molecule has 2 aromatic rings. The zero-order chi connectivity index (χ0) is 22.0. The summed E-state index contributed by atoms with van der Waals surface area (Å²) < 4.78 is 5.49. The van der Waals surface area contributed by atoms with Crippen molar-refractivity contribution in [2.75, 3.05) is 24.1 Å². The predicted molar refractivity (Wildman–Crippen MR) is 122 cm³/mol. The average Bonchev–Trinajstić information content (AvgIpc) is 2.80. The molecule has 31 heavy (non-hydrogen) atoms. The van der Waals surface area contributed by atoms with E-state index in [0.717, 1.165) is 22.7 Å². The largest absolute Gasteiger partial charge is 0.504 e. The maximum Gasteiger partial charge on any atom is 0.229 e. The molecule has 2 aliphatic heterocycles. The maximum atomic E-state index is 13.1. The molecular weight excluding hydrogens is 410 g/mol. The number of rotatable bonds is 5. The number of nitrogens with zero attached hydrogens (tertiary/aromatic N) is 3. The molecule has 0 aromatic heterocycles. The quantitative estimate of drug-likeness (QED) is 0.741. The molecule has 0 saturated carbocycles. The van der Waals surface area contributed by atoms with Crippen LogP contribution >= 0.6 is 11.8 Å². The van der Waals surface area contributed by atoms with Gasteiger partial charge in [-0.15, -0.1) is 0 Å². The fourth-order valence-electron chi connectivity index (χ4n) is 3.97. The van der Waals surface area contributed by atoms with E-state index in [2.05, 4.69) is 42.2 Å². The lowest BCUT2D eigenvalue weighted by molar-refractivity contribution is -0.129. The van der Waals surface area contributed by atoms with Gasteiger partial charge in [0, 0.05) is 18.0 Å². The Morgan fingerprint density at radius 3 is 2.68 bits per heavy atom. The van der Waals surface area contributed by atoms with Crippen LogP contribution in [0, 0.1) is 11.3 Å². The van der Waals surface area contributed by atoms with Gasteiger partial charge in [0.25, 0.3) is 0 Å². The van der Waals surface area contributed by atoms with Crippen molar-refractivity contribution < 1.29 is 14.6 Å². The molecule has 160 valence electrons. The third-order valence-corrected chi connectivity index (χ3v) is 6.84. The van der Waals surface area contributed by atoms with Crippen molar-refractivity contribution in [2.24, 2.45) is 0 Å². The van der Waals surface area contributed by atoms with Gasteiger partial charge in [0.05, 0.1) is 35.8 Å². The van der Waals surface area contributed by atoms with E-state index in [-0.39, 0.29) is 24.0 Å². The van der Waals surface area contributed by atoms with Crippen molar-refractivity contribution in [3.05, 3.63) is 64.2 Å². The van der Waals surface area contributed by atoms with E-state index in [9.17, 15) is 15.2 Å². The first-order chi connectivity index (χ1) is 15.0. The maximum absolute atomic E-state index is 13.1. The van der Waals surface area contributed by atoms with E-state index in [4.69, 9.17) is 4.74 Å². The second-order valence-corrected chi connectivity index (χ2v) is 8.48. The Bertz CT molecular complexity index is 1060. The minimum atomic E-state index is -0.341. The van der Waals surface area contributed by atoms with Gasteiger partial charge < -0.3 is 14.7 Å². The van der Waals surface area contributed by atoms with Crippen LogP contribution in [0.1, 0.15) is 37.3 Å². The van der Waals surface area contributed by atoms with Crippen LogP contribution in [0.5, 0.6) is 11.5 Å². The SMILES string of the molecule is CCOc1cc([C@H]2CC(=O)N3CN(c4ccc(CC)cc4)CSC3=C2C#N)ccc1O. The number of phenolic OH excluding ortho intramolecular Hbond substituents is 1. The Labute approximate surface area is 186 Å². The van der Waals surface area contributed by atoms with Gasteiger partial charge in [0.1, 0.15) is 0 Å². The molecule has 7 heteroatoms. The van der Waals surface area contributed by atoms with Crippen molar-refractivity contribution >= 4 is 23.4 Å². The molecule has 0 unspecified atom stereocenters. The minimum absolute atomic E-state index is 0.00702. The number of fused-ring (bicyclic) bond motifs is 1. The topological polar surface area (TPSA) is 76.8 Å². The molecule has 1 N–H and O–H groups in total. The number of carbonyl (C=O) groups excluding carboxylic acids is 1. The minimum Gasteiger partial charge on any atom is -0.504 e. The number of phenols is 1. The highest BCUT2D eigenvalue weighted by Gasteiger charge is 2.38. The Morgan fingerprint density at radius 2 is 2.00 bits per heavy atom. The number of benzene rings is 2. The summed E-state index contributed by atoms with van der Waals surface area (Å²) in [4.78, 5) is 17.0. The fraction of sp³-hybridized carbons (Fsp3) is 0.333. The highest BCUT2D eigenvalue weighted by Crippen LogP contribution is 2.44. The number of ether oxygens (including phenoxy) is 1. The van der Waals surface area contributed by atoms with Gasteiger partial charge in [-0.25, -0.2) is 0 Å². The van der Waals surface area contributed by atoms with E-state index in [1.807, 2.05) is 6.92 Å². The van der Waals surface area contributed by atoms with Gasteiger partial charge in [-0.3, -0.25) is 9.69 Å². The van der Waals surface area contributed by atoms with E-state index >= 15 is 0 Å². The normalized spacial score (nSPS) is 18.6. The number of aromatic hydroxyl groups is 1. The lowest BCUT2D eigenvalue weighted by atomic mass is 9.86. The van der Waals surface area contributed by atoms with Crippen LogP contribution in [0.3, 0.4) is 0 Å². The highest BCUT2D eigenvalue weighted by molar-refractivity contribution is 8.03. The highest BCUT2D eigenvalue weighted by atomic mass is 32.2. The summed E-state index contributed by atoms with van der Waals surface area (Å²) in [7, 11) is 0. The van der Waals surface area contributed by atoms with Crippen molar-refractivity contribution in [1.82, 2.24) is 4.90 Å². The lowest BCUT2D eigenvalue weighted by Crippen LogP contribution is -2.47. The monoisotopic (exact) mass is 435 g/mol. The fourth-order valence-corrected chi connectivity index (χ4v) is 5.14. The smallest absolute Gasteiger partial charge is 0.229 e. The van der Waals surface area contributed by atoms with Crippen LogP contribution in [0.2, 0.25) is 0 Å². The van der Waals surface area contributed by atoms with Gasteiger partial charge in [-0.2, -0.15) is 5.26 Å². The second-order valence-electron chi connectivity index (χ2n) is 7.54. The van der Waals surface area contributed by atoms with Crippen LogP contribution in [0.15, 0.2) is 53.1 Å². The number of anilines is 1. The van der Waals surface area contributed by atoms with Crippen molar-refractivity contribution in [1.29, 1.82) is 5.26 Å². The summed E-state index contributed by atoms with van der Waals surface area (Å²) in [6, 6.07) is 15.8. The number of nitriles is 1. The van der Waals surface area contributed by atoms with Gasteiger partial charge in [0.15, 0.2) is 11.5 Å². The summed E-state index contributed by atoms with van der Waals surface area (Å²) in [5, 5.41) is 20.7. The van der Waals surface area contributed by atoms with Crippen LogP contribution in [-0.2, 0) is 11.2 Å². The number of carbonyl (C=O) groups is 1. The van der Waals surface area contributed by atoms with Gasteiger partial charge in [-0.05, 0) is 48.7 Å². The molecule has 6 nitrogen and oxygen atoms in total. The van der Waals surface area contributed by atoms with Crippen LogP contribution in [-0.4, -0.2) is 35.1 Å². The summed E-state index contributed by atoms with van der Waals surface area (Å²) in [6.07, 6.45) is 1.20. The molecule has 1 amide bonds. The van der Waals surface area contributed by atoms with Crippen molar-refractivity contribution in [2.45, 2.75) is 32.6 Å². The first kappa shape index (κ1) is 21.1. The lowest BCUT2D eigenvalue weighted by Gasteiger charge is -2.42. The summed E-state index contributed by atoms with van der Waals surface area (Å²) in [5.74, 6) is 0.744. The molecule has 2 aromatic carbocycles. The summed E-state index contributed by atoms with van der Waals surface area (Å²) >= 11 is 1.52. The molecule has 2 aliphatic rings. The number of allylic oxidation sites excluding steroid dienone is 1. The zero-order valence-corrected chi connectivity index (χ0v) is 18.5. The number of amides is 1. The molecule has 0 radical (unpaired) electrons. The predicted octanol–water partition coefficient (Wildman–Crippen LogP) is 4.57. The van der Waals surface area contributed by atoms with E-state index in [1.54, 1.807) is 23.1 Å². The van der Waals surface area contributed by atoms with Crippen LogP contribution in [0.4, 0.5) is 5.69 Å². The Hall–Kier alpha value is -3.11.